The van der Waals surface area contributed by atoms with Crippen LogP contribution in [0.2, 0.25) is 5.15 Å². The fraction of sp³-hybridized carbons (Fsp3) is 0.500. The second-order valence-electron chi connectivity index (χ2n) is 5.14. The van der Waals surface area contributed by atoms with Crippen LogP contribution in [0.25, 0.3) is 11.0 Å². The Morgan fingerprint density at radius 3 is 2.76 bits per heavy atom. The summed E-state index contributed by atoms with van der Waals surface area (Å²) in [7, 11) is 0. The van der Waals surface area contributed by atoms with Crippen molar-refractivity contribution < 1.29 is 0 Å². The lowest BCUT2D eigenvalue weighted by atomic mass is 9.98. The fourth-order valence-electron chi connectivity index (χ4n) is 2.41. The van der Waals surface area contributed by atoms with E-state index in [0.29, 0.717) is 5.15 Å². The van der Waals surface area contributed by atoms with Crippen LogP contribution in [-0.4, -0.2) is 14.5 Å². The second kappa shape index (κ2) is 3.82. The molecule has 0 aromatic carbocycles. The molecule has 1 saturated carbocycles. The van der Waals surface area contributed by atoms with Gasteiger partial charge in [0.1, 0.15) is 17.1 Å². The molecule has 5 heteroatoms. The minimum absolute atomic E-state index is 0.110. The lowest BCUT2D eigenvalue weighted by molar-refractivity contribution is 0.313. The molecule has 0 unspecified atom stereocenters. The molecule has 0 amide bonds. The maximum atomic E-state index is 6.15. The molecule has 3 rings (SSSR count). The van der Waals surface area contributed by atoms with E-state index in [1.165, 1.54) is 12.8 Å². The van der Waals surface area contributed by atoms with Crippen LogP contribution in [0, 0.1) is 9.49 Å². The van der Waals surface area contributed by atoms with Crippen molar-refractivity contribution in [3.05, 3.63) is 21.2 Å². The second-order valence-corrected chi connectivity index (χ2v) is 6.66. The van der Waals surface area contributed by atoms with Gasteiger partial charge in [-0.15, -0.1) is 0 Å². The maximum Gasteiger partial charge on any atom is 0.146 e. The highest BCUT2D eigenvalue weighted by Crippen LogP contribution is 2.45. The highest BCUT2D eigenvalue weighted by Gasteiger charge is 2.40. The molecule has 2 heterocycles. The highest BCUT2D eigenvalue weighted by atomic mass is 127. The van der Waals surface area contributed by atoms with Crippen molar-refractivity contribution in [1.29, 1.82) is 0 Å². The predicted molar refractivity (Wildman–Crippen MR) is 77.3 cm³/mol. The molecule has 17 heavy (non-hydrogen) atoms. The molecule has 0 aliphatic heterocycles. The standard InChI is InChI=1S/C12H13ClIN3/c1-12(2,7-3-4-7)17-5-8(14)9-10(13)15-6-16-11(9)17/h5-7H,3-4H2,1-2H3. The molecule has 0 spiro atoms. The summed E-state index contributed by atoms with van der Waals surface area (Å²) in [5.74, 6) is 0.752. The third-order valence-corrected chi connectivity index (χ3v) is 4.79. The van der Waals surface area contributed by atoms with E-state index < -0.39 is 0 Å². The van der Waals surface area contributed by atoms with E-state index in [4.69, 9.17) is 11.6 Å². The van der Waals surface area contributed by atoms with Crippen LogP contribution >= 0.6 is 34.2 Å². The number of fused-ring (bicyclic) bond motifs is 1. The molecule has 3 nitrogen and oxygen atoms in total. The van der Waals surface area contributed by atoms with Gasteiger partial charge < -0.3 is 4.57 Å². The zero-order chi connectivity index (χ0) is 12.2. The lowest BCUT2D eigenvalue weighted by Crippen LogP contribution is -2.28. The van der Waals surface area contributed by atoms with Gasteiger partial charge in [-0.3, -0.25) is 0 Å². The molecule has 0 saturated heterocycles. The predicted octanol–water partition coefficient (Wildman–Crippen LogP) is 3.83. The van der Waals surface area contributed by atoms with Gasteiger partial charge in [0.2, 0.25) is 0 Å². The number of hydrogen-bond donors (Lipinski definition) is 0. The van der Waals surface area contributed by atoms with Gasteiger partial charge in [0.15, 0.2) is 0 Å². The first-order valence-electron chi connectivity index (χ1n) is 5.69. The number of aromatic nitrogens is 3. The van der Waals surface area contributed by atoms with Crippen LogP contribution in [0.5, 0.6) is 0 Å². The molecule has 0 bridgehead atoms. The molecule has 0 atom stereocenters. The summed E-state index contributed by atoms with van der Waals surface area (Å²) in [5.41, 5.74) is 1.06. The van der Waals surface area contributed by atoms with Crippen molar-refractivity contribution in [2.75, 3.05) is 0 Å². The van der Waals surface area contributed by atoms with Crippen LogP contribution in [-0.2, 0) is 5.54 Å². The zero-order valence-electron chi connectivity index (χ0n) is 9.74. The Morgan fingerprint density at radius 1 is 1.41 bits per heavy atom. The molecular weight excluding hydrogens is 349 g/mol. The molecule has 2 aromatic heterocycles. The van der Waals surface area contributed by atoms with Gasteiger partial charge in [0.25, 0.3) is 0 Å². The Balaban J connectivity index is 2.27. The summed E-state index contributed by atoms with van der Waals surface area (Å²) in [6.07, 6.45) is 6.30. The van der Waals surface area contributed by atoms with E-state index in [1.54, 1.807) is 6.33 Å². The number of halogens is 2. The normalized spacial score (nSPS) is 16.7. The van der Waals surface area contributed by atoms with Gasteiger partial charge in [-0.25, -0.2) is 9.97 Å². The highest BCUT2D eigenvalue weighted by molar-refractivity contribution is 14.1. The summed E-state index contributed by atoms with van der Waals surface area (Å²) in [5, 5.41) is 1.52. The molecule has 2 aromatic rings. The van der Waals surface area contributed by atoms with Crippen molar-refractivity contribution in [1.82, 2.24) is 14.5 Å². The summed E-state index contributed by atoms with van der Waals surface area (Å²) in [6, 6.07) is 0. The Kier molecular flexibility index (Phi) is 2.63. The van der Waals surface area contributed by atoms with Crippen molar-refractivity contribution >= 4 is 45.2 Å². The van der Waals surface area contributed by atoms with E-state index in [1.807, 2.05) is 0 Å². The molecule has 0 radical (unpaired) electrons. The van der Waals surface area contributed by atoms with Gasteiger partial charge in [0.05, 0.1) is 5.39 Å². The SMILES string of the molecule is CC(C)(C1CC1)n1cc(I)c2c(Cl)ncnc21. The Hall–Kier alpha value is -0.360. The van der Waals surface area contributed by atoms with Gasteiger partial charge in [-0.05, 0) is 55.2 Å². The molecular formula is C12H13ClIN3. The van der Waals surface area contributed by atoms with E-state index >= 15 is 0 Å². The summed E-state index contributed by atoms with van der Waals surface area (Å²) < 4.78 is 3.38. The van der Waals surface area contributed by atoms with Crippen LogP contribution in [0.4, 0.5) is 0 Å². The Labute approximate surface area is 119 Å². The quantitative estimate of drug-likeness (QED) is 0.601. The monoisotopic (exact) mass is 361 g/mol. The molecule has 1 aliphatic carbocycles. The van der Waals surface area contributed by atoms with E-state index in [-0.39, 0.29) is 5.54 Å². The van der Waals surface area contributed by atoms with Crippen molar-refractivity contribution in [3.8, 4) is 0 Å². The van der Waals surface area contributed by atoms with Crippen LogP contribution < -0.4 is 0 Å². The van der Waals surface area contributed by atoms with Crippen LogP contribution in [0.1, 0.15) is 26.7 Å². The van der Waals surface area contributed by atoms with Crippen LogP contribution in [0.3, 0.4) is 0 Å². The summed E-state index contributed by atoms with van der Waals surface area (Å²) >= 11 is 8.45. The molecule has 0 N–H and O–H groups in total. The van der Waals surface area contributed by atoms with Gasteiger partial charge in [0, 0.05) is 15.3 Å². The average molecular weight is 362 g/mol. The van der Waals surface area contributed by atoms with Crippen molar-refractivity contribution in [2.45, 2.75) is 32.2 Å². The maximum absolute atomic E-state index is 6.15. The van der Waals surface area contributed by atoms with Crippen LogP contribution in [0.15, 0.2) is 12.5 Å². The summed E-state index contributed by atoms with van der Waals surface area (Å²) in [6.45, 7) is 4.55. The third-order valence-electron chi connectivity index (χ3n) is 3.69. The smallest absolute Gasteiger partial charge is 0.146 e. The van der Waals surface area contributed by atoms with Gasteiger partial charge >= 0.3 is 0 Å². The van der Waals surface area contributed by atoms with E-state index in [9.17, 15) is 0 Å². The first kappa shape index (κ1) is 11.7. The summed E-state index contributed by atoms with van der Waals surface area (Å²) in [4.78, 5) is 8.46. The van der Waals surface area contributed by atoms with Crippen molar-refractivity contribution in [2.24, 2.45) is 5.92 Å². The average Bonchev–Trinajstić information content (AvgIpc) is 3.05. The van der Waals surface area contributed by atoms with Gasteiger partial charge in [-0.2, -0.15) is 0 Å². The minimum atomic E-state index is 0.110. The Bertz CT molecular complexity index is 587. The zero-order valence-corrected chi connectivity index (χ0v) is 12.7. The third kappa shape index (κ3) is 1.76. The molecule has 1 fully saturated rings. The minimum Gasteiger partial charge on any atom is -0.325 e. The van der Waals surface area contributed by atoms with E-state index in [0.717, 1.165) is 20.5 Å². The molecule has 90 valence electrons. The largest absolute Gasteiger partial charge is 0.325 e. The fourth-order valence-corrected chi connectivity index (χ4v) is 3.57. The lowest BCUT2D eigenvalue weighted by Gasteiger charge is -2.27. The van der Waals surface area contributed by atoms with E-state index in [2.05, 4.69) is 57.2 Å². The first-order valence-corrected chi connectivity index (χ1v) is 7.15. The van der Waals surface area contributed by atoms with Gasteiger partial charge in [-0.1, -0.05) is 11.6 Å². The molecule has 1 aliphatic rings. The number of rotatable bonds is 2. The number of hydrogen-bond acceptors (Lipinski definition) is 2. The van der Waals surface area contributed by atoms with Crippen molar-refractivity contribution in [3.63, 3.8) is 0 Å². The Morgan fingerprint density at radius 2 is 2.12 bits per heavy atom. The number of nitrogens with zero attached hydrogens (tertiary/aromatic N) is 3. The first-order chi connectivity index (χ1) is 8.01. The topological polar surface area (TPSA) is 30.7 Å².